The number of sulfonamides is 1. The zero-order chi connectivity index (χ0) is 14.8. The molecule has 2 aromatic rings. The second-order valence-electron chi connectivity index (χ2n) is 4.25. The minimum Gasteiger partial charge on any atom is -0.464 e. The molecule has 7 heteroatoms. The average molecular weight is 315 g/mol. The number of benzene rings is 1. The van der Waals surface area contributed by atoms with Crippen LogP contribution in [0.5, 0.6) is 0 Å². The van der Waals surface area contributed by atoms with Crippen LogP contribution in [0.3, 0.4) is 0 Å². The van der Waals surface area contributed by atoms with Gasteiger partial charge in [0.25, 0.3) is 0 Å². The van der Waals surface area contributed by atoms with Crippen molar-refractivity contribution in [2.24, 2.45) is 5.73 Å². The third-order valence-corrected chi connectivity index (χ3v) is 4.70. The van der Waals surface area contributed by atoms with Crippen molar-refractivity contribution in [3.8, 4) is 0 Å². The van der Waals surface area contributed by atoms with Gasteiger partial charge < -0.3 is 10.2 Å². The highest BCUT2D eigenvalue weighted by Gasteiger charge is 2.21. The fourth-order valence-electron chi connectivity index (χ4n) is 1.78. The van der Waals surface area contributed by atoms with Gasteiger partial charge in [-0.25, -0.2) is 13.1 Å². The van der Waals surface area contributed by atoms with Crippen LogP contribution >= 0.6 is 11.6 Å². The van der Waals surface area contributed by atoms with Gasteiger partial charge in [0.1, 0.15) is 16.4 Å². The molecule has 20 heavy (non-hydrogen) atoms. The van der Waals surface area contributed by atoms with E-state index in [1.165, 1.54) is 6.07 Å². The minimum atomic E-state index is -3.65. The summed E-state index contributed by atoms with van der Waals surface area (Å²) in [5.41, 5.74) is 6.14. The zero-order valence-electron chi connectivity index (χ0n) is 10.9. The van der Waals surface area contributed by atoms with E-state index in [9.17, 15) is 8.42 Å². The Balaban J connectivity index is 2.19. The van der Waals surface area contributed by atoms with Crippen molar-refractivity contribution in [1.82, 2.24) is 4.72 Å². The van der Waals surface area contributed by atoms with Crippen LogP contribution in [0.1, 0.15) is 17.1 Å². The van der Waals surface area contributed by atoms with E-state index in [1.54, 1.807) is 31.2 Å². The van der Waals surface area contributed by atoms with Crippen LogP contribution in [0.4, 0.5) is 0 Å². The lowest BCUT2D eigenvalue weighted by Crippen LogP contribution is -2.23. The summed E-state index contributed by atoms with van der Waals surface area (Å²) in [4.78, 5) is 0.102. The van der Waals surface area contributed by atoms with Gasteiger partial charge in [-0.05, 0) is 18.6 Å². The van der Waals surface area contributed by atoms with Crippen molar-refractivity contribution < 1.29 is 12.8 Å². The minimum absolute atomic E-state index is 0.102. The standard InChI is InChI=1S/C13H15ClN2O3S/c1-9-13(6-11(7-15)19-9)20(17,18)16-8-10-4-2-3-5-12(10)14/h2-6,16H,7-8,15H2,1H3. The monoisotopic (exact) mass is 314 g/mol. The second kappa shape index (κ2) is 5.97. The molecule has 0 unspecified atom stereocenters. The Morgan fingerprint density at radius 2 is 2.05 bits per heavy atom. The van der Waals surface area contributed by atoms with Gasteiger partial charge in [-0.3, -0.25) is 0 Å². The maximum absolute atomic E-state index is 12.2. The molecule has 0 atom stereocenters. The fourth-order valence-corrected chi connectivity index (χ4v) is 3.19. The number of furan rings is 1. The van der Waals surface area contributed by atoms with E-state index < -0.39 is 10.0 Å². The molecule has 1 aromatic carbocycles. The molecule has 0 saturated heterocycles. The van der Waals surface area contributed by atoms with Gasteiger partial charge in [0.2, 0.25) is 10.0 Å². The molecule has 108 valence electrons. The number of rotatable bonds is 5. The van der Waals surface area contributed by atoms with Gasteiger partial charge >= 0.3 is 0 Å². The molecule has 0 aliphatic heterocycles. The summed E-state index contributed by atoms with van der Waals surface area (Å²) in [5.74, 6) is 0.748. The molecule has 0 fully saturated rings. The Bertz CT molecular complexity index is 710. The molecule has 0 bridgehead atoms. The first-order valence-corrected chi connectivity index (χ1v) is 7.82. The van der Waals surface area contributed by atoms with Crippen molar-refractivity contribution >= 4 is 21.6 Å². The molecule has 0 amide bonds. The predicted octanol–water partition coefficient (Wildman–Crippen LogP) is 2.18. The summed E-state index contributed by atoms with van der Waals surface area (Å²) in [7, 11) is -3.65. The third kappa shape index (κ3) is 3.21. The van der Waals surface area contributed by atoms with E-state index in [0.717, 1.165) is 0 Å². The van der Waals surface area contributed by atoms with Crippen LogP contribution in [-0.4, -0.2) is 8.42 Å². The van der Waals surface area contributed by atoms with Crippen LogP contribution in [0, 0.1) is 6.92 Å². The number of hydrogen-bond acceptors (Lipinski definition) is 4. The lowest BCUT2D eigenvalue weighted by molar-refractivity contribution is 0.478. The predicted molar refractivity (Wildman–Crippen MR) is 76.8 cm³/mol. The Morgan fingerprint density at radius 3 is 2.65 bits per heavy atom. The van der Waals surface area contributed by atoms with Gasteiger partial charge in [0.05, 0.1) is 6.54 Å². The molecule has 2 rings (SSSR count). The van der Waals surface area contributed by atoms with Crippen LogP contribution in [0.15, 0.2) is 39.6 Å². The van der Waals surface area contributed by atoms with Crippen molar-refractivity contribution in [1.29, 1.82) is 0 Å². The van der Waals surface area contributed by atoms with Crippen LogP contribution in [0.25, 0.3) is 0 Å². The number of nitrogens with two attached hydrogens (primary N) is 1. The van der Waals surface area contributed by atoms with Gasteiger partial charge in [0, 0.05) is 17.6 Å². The highest BCUT2D eigenvalue weighted by atomic mass is 35.5. The first-order valence-electron chi connectivity index (χ1n) is 5.96. The Kier molecular flexibility index (Phi) is 4.49. The molecule has 1 aromatic heterocycles. The lowest BCUT2D eigenvalue weighted by Gasteiger charge is -2.07. The maximum atomic E-state index is 12.2. The largest absolute Gasteiger partial charge is 0.464 e. The van der Waals surface area contributed by atoms with Crippen molar-refractivity contribution in [2.45, 2.75) is 24.9 Å². The van der Waals surface area contributed by atoms with Crippen LogP contribution in [0.2, 0.25) is 5.02 Å². The van der Waals surface area contributed by atoms with Crippen LogP contribution < -0.4 is 10.5 Å². The molecular weight excluding hydrogens is 300 g/mol. The van der Waals surface area contributed by atoms with E-state index in [-0.39, 0.29) is 18.0 Å². The molecular formula is C13H15ClN2O3S. The Hall–Kier alpha value is -1.34. The molecule has 0 aliphatic rings. The third-order valence-electron chi connectivity index (χ3n) is 2.82. The van der Waals surface area contributed by atoms with Gasteiger partial charge in [0.15, 0.2) is 0 Å². The highest BCUT2D eigenvalue weighted by Crippen LogP contribution is 2.21. The summed E-state index contributed by atoms with van der Waals surface area (Å²) < 4.78 is 32.2. The Labute approximate surface area is 122 Å². The van der Waals surface area contributed by atoms with E-state index in [1.807, 2.05) is 0 Å². The highest BCUT2D eigenvalue weighted by molar-refractivity contribution is 7.89. The molecule has 3 N–H and O–H groups in total. The number of aryl methyl sites for hydroxylation is 1. The van der Waals surface area contributed by atoms with Gasteiger partial charge in [-0.1, -0.05) is 29.8 Å². The van der Waals surface area contributed by atoms with Crippen LogP contribution in [-0.2, 0) is 23.1 Å². The Morgan fingerprint density at radius 1 is 1.35 bits per heavy atom. The van der Waals surface area contributed by atoms with Crippen molar-refractivity contribution in [3.05, 3.63) is 52.4 Å². The topological polar surface area (TPSA) is 85.3 Å². The smallest absolute Gasteiger partial charge is 0.244 e. The van der Waals surface area contributed by atoms with E-state index >= 15 is 0 Å². The average Bonchev–Trinajstić information content (AvgIpc) is 2.80. The summed E-state index contributed by atoms with van der Waals surface area (Å²) in [6, 6.07) is 8.49. The summed E-state index contributed by atoms with van der Waals surface area (Å²) in [6.07, 6.45) is 0. The number of halogens is 1. The van der Waals surface area contributed by atoms with E-state index in [2.05, 4.69) is 4.72 Å². The summed E-state index contributed by atoms with van der Waals surface area (Å²) in [6.45, 7) is 1.86. The quantitative estimate of drug-likeness (QED) is 0.885. The molecule has 5 nitrogen and oxygen atoms in total. The SMILES string of the molecule is Cc1oc(CN)cc1S(=O)(=O)NCc1ccccc1Cl. The first-order chi connectivity index (χ1) is 9.44. The first kappa shape index (κ1) is 15.1. The molecule has 1 heterocycles. The summed E-state index contributed by atoms with van der Waals surface area (Å²) >= 11 is 5.99. The maximum Gasteiger partial charge on any atom is 0.244 e. The lowest BCUT2D eigenvalue weighted by atomic mass is 10.2. The van der Waals surface area contributed by atoms with Crippen molar-refractivity contribution in [3.63, 3.8) is 0 Å². The molecule has 0 saturated carbocycles. The summed E-state index contributed by atoms with van der Waals surface area (Å²) in [5, 5.41) is 0.516. The zero-order valence-corrected chi connectivity index (χ0v) is 12.5. The van der Waals surface area contributed by atoms with Gasteiger partial charge in [-0.2, -0.15) is 0 Å². The molecule has 0 spiro atoms. The van der Waals surface area contributed by atoms with E-state index in [4.69, 9.17) is 21.8 Å². The molecule has 0 aliphatic carbocycles. The fraction of sp³-hybridized carbons (Fsp3) is 0.231. The van der Waals surface area contributed by atoms with Crippen molar-refractivity contribution in [2.75, 3.05) is 0 Å². The normalized spacial score (nSPS) is 11.8. The van der Waals surface area contributed by atoms with Gasteiger partial charge in [-0.15, -0.1) is 0 Å². The molecule has 0 radical (unpaired) electrons. The number of hydrogen-bond donors (Lipinski definition) is 2. The van der Waals surface area contributed by atoms with E-state index in [0.29, 0.717) is 22.1 Å². The second-order valence-corrected chi connectivity index (χ2v) is 6.40. The number of nitrogens with one attached hydrogen (secondary N) is 1.